The fourth-order valence-corrected chi connectivity index (χ4v) is 6.48. The van der Waals surface area contributed by atoms with Crippen molar-refractivity contribution < 1.29 is 28.7 Å². The number of aryl methyl sites for hydroxylation is 2. The zero-order valence-electron chi connectivity index (χ0n) is 34.0. The van der Waals surface area contributed by atoms with Crippen molar-refractivity contribution in [3.8, 4) is 0 Å². The van der Waals surface area contributed by atoms with Gasteiger partial charge in [-0.2, -0.15) is 0 Å². The largest absolute Gasteiger partial charge is 0.458 e. The van der Waals surface area contributed by atoms with Gasteiger partial charge in [-0.05, 0) is 89.6 Å². The Labute approximate surface area is 323 Å². The maximum absolute atomic E-state index is 15.1. The molecule has 3 amide bonds. The fourth-order valence-electron chi connectivity index (χ4n) is 6.48. The summed E-state index contributed by atoms with van der Waals surface area (Å²) in [5.74, 6) is -1.49. The molecule has 0 aromatic heterocycles. The molecule has 0 spiro atoms. The minimum absolute atomic E-state index is 0.182. The van der Waals surface area contributed by atoms with E-state index in [0.29, 0.717) is 12.0 Å². The molecule has 0 aliphatic heterocycles. The first-order valence-corrected chi connectivity index (χ1v) is 19.5. The second kappa shape index (κ2) is 20.7. The van der Waals surface area contributed by atoms with E-state index in [-0.39, 0.29) is 19.4 Å². The molecule has 3 atom stereocenters. The zero-order valence-corrected chi connectivity index (χ0v) is 34.0. The molecule has 3 aromatic carbocycles. The van der Waals surface area contributed by atoms with E-state index in [1.54, 1.807) is 46.4 Å². The first-order valence-electron chi connectivity index (χ1n) is 19.5. The molecule has 3 unspecified atom stereocenters. The number of hydrogen-bond acceptors (Lipinski definition) is 6. The van der Waals surface area contributed by atoms with Crippen molar-refractivity contribution in [3.05, 3.63) is 107 Å². The molecule has 0 heterocycles. The molecule has 3 rings (SSSR count). The molecule has 0 bridgehead atoms. The van der Waals surface area contributed by atoms with E-state index in [0.717, 1.165) is 54.4 Å². The van der Waals surface area contributed by atoms with E-state index in [1.165, 1.54) is 0 Å². The lowest BCUT2D eigenvalue weighted by Crippen LogP contribution is -2.56. The molecule has 9 nitrogen and oxygen atoms in total. The normalized spacial score (nSPS) is 13.3. The van der Waals surface area contributed by atoms with Crippen LogP contribution < -0.4 is 10.6 Å². The summed E-state index contributed by atoms with van der Waals surface area (Å²) in [4.78, 5) is 58.8. The number of hydrogen-bond donors (Lipinski definition) is 2. The second-order valence-electron chi connectivity index (χ2n) is 16.2. The number of nitrogens with zero attached hydrogens (tertiary/aromatic N) is 1. The Morgan fingerprint density at radius 1 is 0.630 bits per heavy atom. The molecule has 0 saturated heterocycles. The molecule has 0 saturated carbocycles. The topological polar surface area (TPSA) is 114 Å². The Kier molecular flexibility index (Phi) is 16.8. The summed E-state index contributed by atoms with van der Waals surface area (Å²) >= 11 is 0. The molecule has 0 radical (unpaired) electrons. The van der Waals surface area contributed by atoms with Crippen molar-refractivity contribution in [2.75, 3.05) is 6.54 Å². The third-order valence-corrected chi connectivity index (χ3v) is 8.97. The van der Waals surface area contributed by atoms with Crippen molar-refractivity contribution in [3.63, 3.8) is 0 Å². The van der Waals surface area contributed by atoms with Crippen LogP contribution in [-0.4, -0.2) is 58.6 Å². The first-order chi connectivity index (χ1) is 25.5. The van der Waals surface area contributed by atoms with Gasteiger partial charge in [0.15, 0.2) is 0 Å². The molecule has 0 fully saturated rings. The first kappa shape index (κ1) is 43.7. The second-order valence-corrected chi connectivity index (χ2v) is 16.2. The van der Waals surface area contributed by atoms with Crippen LogP contribution >= 0.6 is 0 Å². The Morgan fingerprint density at radius 3 is 1.65 bits per heavy atom. The maximum Gasteiger partial charge on any atom is 0.408 e. The summed E-state index contributed by atoms with van der Waals surface area (Å²) in [5, 5.41) is 5.89. The highest BCUT2D eigenvalue weighted by Gasteiger charge is 2.39. The third kappa shape index (κ3) is 14.6. The monoisotopic (exact) mass is 741 g/mol. The number of unbranched alkanes of at least 4 members (excludes halogenated alkanes) is 5. The van der Waals surface area contributed by atoms with Crippen LogP contribution in [0.25, 0.3) is 0 Å². The number of alkyl carbamates (subject to hydrolysis) is 1. The van der Waals surface area contributed by atoms with Gasteiger partial charge in [0.05, 0.1) is 0 Å². The Bertz CT molecular complexity index is 1630. The lowest BCUT2D eigenvalue weighted by atomic mass is 9.92. The third-order valence-electron chi connectivity index (χ3n) is 8.97. The Hall–Kier alpha value is -4.66. The van der Waals surface area contributed by atoms with E-state index in [9.17, 15) is 9.59 Å². The molecule has 0 aliphatic carbocycles. The number of carbonyl (C=O) groups excluding carboxylic acids is 4. The summed E-state index contributed by atoms with van der Waals surface area (Å²) < 4.78 is 11.4. The van der Waals surface area contributed by atoms with E-state index < -0.39 is 53.2 Å². The molecule has 3 aromatic rings. The van der Waals surface area contributed by atoms with Crippen LogP contribution in [0, 0.1) is 13.8 Å². The summed E-state index contributed by atoms with van der Waals surface area (Å²) in [5.41, 5.74) is 2.43. The number of amides is 3. The van der Waals surface area contributed by atoms with Crippen LogP contribution in [0.2, 0.25) is 0 Å². The van der Waals surface area contributed by atoms with Crippen LogP contribution in [0.3, 0.4) is 0 Å². The molecule has 2 N–H and O–H groups in total. The highest BCUT2D eigenvalue weighted by molar-refractivity contribution is 5.94. The van der Waals surface area contributed by atoms with Gasteiger partial charge in [0.25, 0.3) is 0 Å². The van der Waals surface area contributed by atoms with Crippen molar-refractivity contribution in [2.24, 2.45) is 0 Å². The summed E-state index contributed by atoms with van der Waals surface area (Å²) in [6.07, 6.45) is 5.48. The van der Waals surface area contributed by atoms with E-state index in [1.807, 2.05) is 92.7 Å². The van der Waals surface area contributed by atoms with Crippen molar-refractivity contribution >= 4 is 23.9 Å². The SMILES string of the molecule is CCCCCCCCN(C(=O)C(Cc1ccccc1)NC(=O)OC(C)(C)C)C(C(=O)NC(Cc1ccccc1)C(=O)OC(C)(C)C)c1c(C)cccc1C. The zero-order chi connectivity index (χ0) is 39.9. The maximum atomic E-state index is 15.1. The summed E-state index contributed by atoms with van der Waals surface area (Å²) in [6.45, 7) is 16.9. The van der Waals surface area contributed by atoms with Crippen molar-refractivity contribution in [1.82, 2.24) is 15.5 Å². The molecular formula is C45H63N3O6. The van der Waals surface area contributed by atoms with Crippen LogP contribution in [0.4, 0.5) is 4.79 Å². The quantitative estimate of drug-likeness (QED) is 0.0996. The molecule has 9 heteroatoms. The molecule has 294 valence electrons. The number of benzene rings is 3. The van der Waals surface area contributed by atoms with Gasteiger partial charge in [0.1, 0.15) is 29.3 Å². The van der Waals surface area contributed by atoms with Crippen LogP contribution in [0.15, 0.2) is 78.9 Å². The van der Waals surface area contributed by atoms with Gasteiger partial charge in [-0.25, -0.2) is 9.59 Å². The Morgan fingerprint density at radius 2 is 1.13 bits per heavy atom. The van der Waals surface area contributed by atoms with E-state index in [4.69, 9.17) is 9.47 Å². The van der Waals surface area contributed by atoms with Crippen LogP contribution in [0.1, 0.15) is 121 Å². The van der Waals surface area contributed by atoms with Gasteiger partial charge in [-0.3, -0.25) is 9.59 Å². The number of nitrogens with one attached hydrogen (secondary N) is 2. The van der Waals surface area contributed by atoms with Crippen molar-refractivity contribution in [2.45, 2.75) is 143 Å². The van der Waals surface area contributed by atoms with Crippen LogP contribution in [-0.2, 0) is 36.7 Å². The summed E-state index contributed by atoms with van der Waals surface area (Å²) in [7, 11) is 0. The lowest BCUT2D eigenvalue weighted by Gasteiger charge is -2.36. The number of rotatable bonds is 18. The number of carbonyl (C=O) groups is 4. The highest BCUT2D eigenvalue weighted by Crippen LogP contribution is 2.30. The average molecular weight is 742 g/mol. The minimum Gasteiger partial charge on any atom is -0.458 e. The van der Waals surface area contributed by atoms with E-state index >= 15 is 9.59 Å². The number of esters is 1. The Balaban J connectivity index is 2.16. The predicted octanol–water partition coefficient (Wildman–Crippen LogP) is 8.74. The van der Waals surface area contributed by atoms with E-state index in [2.05, 4.69) is 17.6 Å². The predicted molar refractivity (Wildman–Crippen MR) is 215 cm³/mol. The highest BCUT2D eigenvalue weighted by atomic mass is 16.6. The lowest BCUT2D eigenvalue weighted by molar-refractivity contribution is -0.159. The molecule has 0 aliphatic rings. The van der Waals surface area contributed by atoms with Gasteiger partial charge in [-0.15, -0.1) is 0 Å². The van der Waals surface area contributed by atoms with Gasteiger partial charge < -0.3 is 25.0 Å². The van der Waals surface area contributed by atoms with Gasteiger partial charge in [0.2, 0.25) is 11.8 Å². The van der Waals surface area contributed by atoms with Gasteiger partial charge in [-0.1, -0.05) is 118 Å². The minimum atomic E-state index is -1.12. The average Bonchev–Trinajstić information content (AvgIpc) is 3.08. The standard InChI is InChI=1S/C45H63N3O6/c1-10-11-12-13-14-21-29-48(41(50)36(30-34-25-17-15-18-26-34)47-43(52)54-45(7,8)9)39(38-32(2)23-22-24-33(38)3)40(49)46-37(42(51)53-44(4,5)6)31-35-27-19-16-20-28-35/h15-20,22-28,36-37,39H,10-14,21,29-31H2,1-9H3,(H,46,49)(H,47,52). The van der Waals surface area contributed by atoms with Gasteiger partial charge >= 0.3 is 12.1 Å². The molecule has 54 heavy (non-hydrogen) atoms. The van der Waals surface area contributed by atoms with Gasteiger partial charge in [0, 0.05) is 19.4 Å². The number of ether oxygens (including phenoxy) is 2. The fraction of sp³-hybridized carbons (Fsp3) is 0.511. The smallest absolute Gasteiger partial charge is 0.408 e. The van der Waals surface area contributed by atoms with Crippen LogP contribution in [0.5, 0.6) is 0 Å². The van der Waals surface area contributed by atoms with Crippen molar-refractivity contribution in [1.29, 1.82) is 0 Å². The molecular weight excluding hydrogens is 679 g/mol. The summed E-state index contributed by atoms with van der Waals surface area (Å²) in [6, 6.07) is 21.5.